The fourth-order valence-corrected chi connectivity index (χ4v) is 1.47. The molecular formula is C13H20N2O. The predicted molar refractivity (Wildman–Crippen MR) is 66.0 cm³/mol. The maximum atomic E-state index is 11.3. The molecule has 1 amide bonds. The Morgan fingerprint density at radius 2 is 2.06 bits per heavy atom. The monoisotopic (exact) mass is 220 g/mol. The van der Waals surface area contributed by atoms with Crippen LogP contribution in [0.4, 0.5) is 0 Å². The summed E-state index contributed by atoms with van der Waals surface area (Å²) in [7, 11) is 0. The van der Waals surface area contributed by atoms with E-state index in [4.69, 9.17) is 5.73 Å². The second kappa shape index (κ2) is 7.01. The first kappa shape index (κ1) is 12.7. The molecule has 0 spiro atoms. The lowest BCUT2D eigenvalue weighted by Gasteiger charge is -2.09. The van der Waals surface area contributed by atoms with Gasteiger partial charge in [-0.2, -0.15) is 0 Å². The Morgan fingerprint density at radius 1 is 1.38 bits per heavy atom. The molecule has 0 aliphatic heterocycles. The van der Waals surface area contributed by atoms with Gasteiger partial charge in [-0.1, -0.05) is 37.3 Å². The van der Waals surface area contributed by atoms with E-state index in [2.05, 4.69) is 17.4 Å². The summed E-state index contributed by atoms with van der Waals surface area (Å²) in [6, 6.07) is 9.89. The van der Waals surface area contributed by atoms with Crippen molar-refractivity contribution in [1.29, 1.82) is 0 Å². The van der Waals surface area contributed by atoms with Crippen LogP contribution < -0.4 is 11.1 Å². The molecule has 88 valence electrons. The minimum Gasteiger partial charge on any atom is -0.355 e. The number of hydrogen-bond donors (Lipinski definition) is 2. The Hall–Kier alpha value is -1.35. The number of aryl methyl sites for hydroxylation is 1. The maximum absolute atomic E-state index is 11.3. The number of amides is 1. The summed E-state index contributed by atoms with van der Waals surface area (Å²) < 4.78 is 0. The van der Waals surface area contributed by atoms with Crippen molar-refractivity contribution in [3.05, 3.63) is 35.9 Å². The second-order valence-electron chi connectivity index (χ2n) is 3.89. The van der Waals surface area contributed by atoms with Gasteiger partial charge in [0.2, 0.25) is 5.91 Å². The molecule has 0 saturated carbocycles. The van der Waals surface area contributed by atoms with Gasteiger partial charge in [0.15, 0.2) is 0 Å². The molecule has 1 aromatic carbocycles. The lowest BCUT2D eigenvalue weighted by Crippen LogP contribution is -2.40. The summed E-state index contributed by atoms with van der Waals surface area (Å²) in [6.45, 7) is 2.61. The van der Waals surface area contributed by atoms with Crippen LogP contribution in [0.15, 0.2) is 30.3 Å². The molecule has 0 aliphatic carbocycles. The minimum absolute atomic E-state index is 0.0458. The third kappa shape index (κ3) is 4.45. The van der Waals surface area contributed by atoms with Gasteiger partial charge in [-0.3, -0.25) is 4.79 Å². The standard InChI is InChI=1S/C13H20N2O/c1-2-12(14)13(16)15-10-6-9-11-7-4-3-5-8-11/h3-5,7-8,12H,2,6,9-10,14H2,1H3,(H,15,16)/t12-/m1/s1. The van der Waals surface area contributed by atoms with Crippen molar-refractivity contribution in [1.82, 2.24) is 5.32 Å². The maximum Gasteiger partial charge on any atom is 0.236 e. The van der Waals surface area contributed by atoms with Gasteiger partial charge >= 0.3 is 0 Å². The van der Waals surface area contributed by atoms with E-state index in [0.29, 0.717) is 13.0 Å². The van der Waals surface area contributed by atoms with Gasteiger partial charge in [-0.15, -0.1) is 0 Å². The molecule has 0 fully saturated rings. The number of carbonyl (C=O) groups excluding carboxylic acids is 1. The summed E-state index contributed by atoms with van der Waals surface area (Å²) in [6.07, 6.45) is 2.62. The van der Waals surface area contributed by atoms with E-state index >= 15 is 0 Å². The number of rotatable bonds is 6. The molecule has 1 aromatic rings. The van der Waals surface area contributed by atoms with Gasteiger partial charge < -0.3 is 11.1 Å². The quantitative estimate of drug-likeness (QED) is 0.713. The van der Waals surface area contributed by atoms with Gasteiger partial charge in [0.1, 0.15) is 0 Å². The summed E-state index contributed by atoms with van der Waals surface area (Å²) >= 11 is 0. The first-order valence-corrected chi connectivity index (χ1v) is 5.81. The van der Waals surface area contributed by atoms with Crippen molar-refractivity contribution in [2.45, 2.75) is 32.2 Å². The Labute approximate surface area is 97.0 Å². The van der Waals surface area contributed by atoms with Crippen LogP contribution in [-0.2, 0) is 11.2 Å². The zero-order chi connectivity index (χ0) is 11.8. The van der Waals surface area contributed by atoms with Gasteiger partial charge in [0, 0.05) is 6.54 Å². The molecule has 3 N–H and O–H groups in total. The van der Waals surface area contributed by atoms with Crippen LogP contribution in [0.3, 0.4) is 0 Å². The highest BCUT2D eigenvalue weighted by Gasteiger charge is 2.08. The third-order valence-electron chi connectivity index (χ3n) is 2.56. The first-order chi connectivity index (χ1) is 7.74. The van der Waals surface area contributed by atoms with E-state index in [1.54, 1.807) is 0 Å². The summed E-state index contributed by atoms with van der Waals surface area (Å²) in [5.74, 6) is -0.0458. The molecule has 1 rings (SSSR count). The van der Waals surface area contributed by atoms with E-state index < -0.39 is 0 Å². The van der Waals surface area contributed by atoms with Crippen LogP contribution in [0.2, 0.25) is 0 Å². The minimum atomic E-state index is -0.364. The molecule has 0 saturated heterocycles. The fourth-order valence-electron chi connectivity index (χ4n) is 1.47. The van der Waals surface area contributed by atoms with Crippen LogP contribution in [0.1, 0.15) is 25.3 Å². The van der Waals surface area contributed by atoms with Crippen LogP contribution >= 0.6 is 0 Å². The molecule has 1 atom stereocenters. The number of benzene rings is 1. The van der Waals surface area contributed by atoms with Crippen LogP contribution in [0.25, 0.3) is 0 Å². The Balaban J connectivity index is 2.15. The van der Waals surface area contributed by atoms with Crippen molar-refractivity contribution >= 4 is 5.91 Å². The van der Waals surface area contributed by atoms with Crippen molar-refractivity contribution in [2.24, 2.45) is 5.73 Å². The van der Waals surface area contributed by atoms with Crippen molar-refractivity contribution in [3.63, 3.8) is 0 Å². The lowest BCUT2D eigenvalue weighted by atomic mass is 10.1. The number of carbonyl (C=O) groups is 1. The number of nitrogens with two attached hydrogens (primary N) is 1. The van der Waals surface area contributed by atoms with Crippen LogP contribution in [-0.4, -0.2) is 18.5 Å². The smallest absolute Gasteiger partial charge is 0.236 e. The molecule has 3 nitrogen and oxygen atoms in total. The van der Waals surface area contributed by atoms with E-state index in [9.17, 15) is 4.79 Å². The lowest BCUT2D eigenvalue weighted by molar-refractivity contribution is -0.122. The average Bonchev–Trinajstić information content (AvgIpc) is 2.34. The van der Waals surface area contributed by atoms with E-state index in [0.717, 1.165) is 12.8 Å². The Bertz CT molecular complexity index is 311. The SMILES string of the molecule is CC[C@@H](N)C(=O)NCCCc1ccccc1. The second-order valence-corrected chi connectivity index (χ2v) is 3.89. The Kier molecular flexibility index (Phi) is 5.57. The van der Waals surface area contributed by atoms with Crippen molar-refractivity contribution in [2.75, 3.05) is 6.54 Å². The number of hydrogen-bond acceptors (Lipinski definition) is 2. The molecule has 0 aliphatic rings. The molecule has 0 bridgehead atoms. The first-order valence-electron chi connectivity index (χ1n) is 5.81. The van der Waals surface area contributed by atoms with E-state index in [1.165, 1.54) is 5.56 Å². The van der Waals surface area contributed by atoms with E-state index in [-0.39, 0.29) is 11.9 Å². The summed E-state index contributed by atoms with van der Waals surface area (Å²) in [5, 5.41) is 2.84. The zero-order valence-electron chi connectivity index (χ0n) is 9.78. The number of nitrogens with one attached hydrogen (secondary N) is 1. The topological polar surface area (TPSA) is 55.1 Å². The molecule has 16 heavy (non-hydrogen) atoms. The molecule has 0 heterocycles. The van der Waals surface area contributed by atoms with Crippen molar-refractivity contribution < 1.29 is 4.79 Å². The van der Waals surface area contributed by atoms with Crippen LogP contribution in [0.5, 0.6) is 0 Å². The van der Waals surface area contributed by atoms with E-state index in [1.807, 2.05) is 25.1 Å². The molecule has 3 heteroatoms. The highest BCUT2D eigenvalue weighted by atomic mass is 16.2. The van der Waals surface area contributed by atoms with Gasteiger partial charge in [0.05, 0.1) is 6.04 Å². The Morgan fingerprint density at radius 3 is 2.69 bits per heavy atom. The fraction of sp³-hybridized carbons (Fsp3) is 0.462. The largest absolute Gasteiger partial charge is 0.355 e. The van der Waals surface area contributed by atoms with Gasteiger partial charge in [-0.25, -0.2) is 0 Å². The molecule has 0 aromatic heterocycles. The summed E-state index contributed by atoms with van der Waals surface area (Å²) in [4.78, 5) is 11.3. The summed E-state index contributed by atoms with van der Waals surface area (Å²) in [5.41, 5.74) is 6.90. The molecular weight excluding hydrogens is 200 g/mol. The zero-order valence-corrected chi connectivity index (χ0v) is 9.78. The molecule has 0 unspecified atom stereocenters. The van der Waals surface area contributed by atoms with Crippen LogP contribution in [0, 0.1) is 0 Å². The third-order valence-corrected chi connectivity index (χ3v) is 2.56. The van der Waals surface area contributed by atoms with Gasteiger partial charge in [-0.05, 0) is 24.8 Å². The average molecular weight is 220 g/mol. The van der Waals surface area contributed by atoms with Crippen molar-refractivity contribution in [3.8, 4) is 0 Å². The highest BCUT2D eigenvalue weighted by Crippen LogP contribution is 2.01. The molecule has 0 radical (unpaired) electrons. The highest BCUT2D eigenvalue weighted by molar-refractivity contribution is 5.81. The van der Waals surface area contributed by atoms with Gasteiger partial charge in [0.25, 0.3) is 0 Å². The normalized spacial score (nSPS) is 12.1. The predicted octanol–water partition coefficient (Wildman–Crippen LogP) is 1.47.